The monoisotopic (exact) mass is 762 g/mol. The van der Waals surface area contributed by atoms with Crippen LogP contribution in [0.25, 0.3) is 0 Å². The minimum Gasteiger partial charge on any atom is -0.480 e. The molecule has 6 atom stereocenters. The molecule has 0 bridgehead atoms. The molecular formula is C32H49F3N8O8S. The zero-order valence-corrected chi connectivity index (χ0v) is 30.2. The van der Waals surface area contributed by atoms with Crippen LogP contribution < -0.4 is 43.4 Å². The lowest BCUT2D eigenvalue weighted by molar-refractivity contribution is -0.139. The van der Waals surface area contributed by atoms with Crippen molar-refractivity contribution in [1.82, 2.24) is 31.9 Å². The lowest BCUT2D eigenvalue weighted by atomic mass is 9.99. The average molecular weight is 763 g/mol. The summed E-state index contributed by atoms with van der Waals surface area (Å²) in [4.78, 5) is 87.7. The van der Waals surface area contributed by atoms with Gasteiger partial charge in [-0.3, -0.25) is 33.6 Å². The molecular weight excluding hydrogens is 713 g/mol. The number of nitrogens with two attached hydrogens (primary N) is 2. The second-order valence-corrected chi connectivity index (χ2v) is 12.9. The molecule has 1 aromatic rings. The Labute approximate surface area is 303 Å². The molecule has 0 unspecified atom stereocenters. The van der Waals surface area contributed by atoms with Gasteiger partial charge in [0.1, 0.15) is 36.8 Å². The third kappa shape index (κ3) is 16.3. The Hall–Kier alpha value is -4.43. The van der Waals surface area contributed by atoms with E-state index in [2.05, 4.69) is 31.9 Å². The van der Waals surface area contributed by atoms with Crippen molar-refractivity contribution in [3.05, 3.63) is 35.4 Å². The number of amides is 6. The second-order valence-electron chi connectivity index (χ2n) is 12.0. The molecule has 0 radical (unpaired) electrons. The summed E-state index contributed by atoms with van der Waals surface area (Å²) in [5.41, 5.74) is 10.4. The second kappa shape index (κ2) is 22.5. The lowest BCUT2D eigenvalue weighted by Crippen LogP contribution is -2.58. The molecule has 0 aliphatic heterocycles. The first-order valence-corrected chi connectivity index (χ1v) is 17.8. The van der Waals surface area contributed by atoms with E-state index in [-0.39, 0.29) is 24.9 Å². The van der Waals surface area contributed by atoms with Crippen molar-refractivity contribution in [3.63, 3.8) is 0 Å². The Morgan fingerprint density at radius 3 is 1.79 bits per heavy atom. The molecule has 20 heteroatoms. The van der Waals surface area contributed by atoms with Gasteiger partial charge >= 0.3 is 12.1 Å². The standard InChI is InChI=1S/C32H49F3N8O8S/c1-17(26(46)38-16-25(44)45)39-27(47)18(2)40-28(48)19(3)41-30(50)24(12-14-52-4)43-31(51)23(11-7-8-13-36)42-29(49)22(37)15-20-9-5-6-10-21(20)32(33,34)35/h5-6,9-10,17-19,22-24H,7-8,11-16,36-37H2,1-4H3,(H,38,46)(H,39,47)(H,40,48)(H,41,50)(H,42,49)(H,43,51)(H,44,45)/t17-,18-,19-,22-,23-,24-/m0/s1. The quantitative estimate of drug-likeness (QED) is 0.0657. The highest BCUT2D eigenvalue weighted by Crippen LogP contribution is 2.32. The van der Waals surface area contributed by atoms with E-state index in [4.69, 9.17) is 16.6 Å². The van der Waals surface area contributed by atoms with Gasteiger partial charge in [0.15, 0.2) is 0 Å². The number of halogens is 3. The van der Waals surface area contributed by atoms with E-state index in [1.165, 1.54) is 50.7 Å². The maximum absolute atomic E-state index is 13.5. The van der Waals surface area contributed by atoms with Gasteiger partial charge in [0, 0.05) is 0 Å². The zero-order valence-electron chi connectivity index (χ0n) is 29.4. The van der Waals surface area contributed by atoms with Crippen LogP contribution in [0.1, 0.15) is 57.6 Å². The Morgan fingerprint density at radius 1 is 0.750 bits per heavy atom. The van der Waals surface area contributed by atoms with E-state index in [9.17, 15) is 46.7 Å². The summed E-state index contributed by atoms with van der Waals surface area (Å²) in [6.45, 7) is 3.61. The molecule has 0 spiro atoms. The number of carboxylic acids is 1. The van der Waals surface area contributed by atoms with Crippen LogP contribution in [0, 0.1) is 0 Å². The minimum absolute atomic E-state index is 0.0795. The van der Waals surface area contributed by atoms with Gasteiger partial charge in [0.2, 0.25) is 35.4 Å². The lowest BCUT2D eigenvalue weighted by Gasteiger charge is -2.26. The maximum atomic E-state index is 13.5. The Bertz CT molecular complexity index is 1400. The predicted molar refractivity (Wildman–Crippen MR) is 186 cm³/mol. The third-order valence-electron chi connectivity index (χ3n) is 7.59. The number of carbonyl (C=O) groups is 7. The van der Waals surface area contributed by atoms with Gasteiger partial charge in [-0.2, -0.15) is 24.9 Å². The van der Waals surface area contributed by atoms with Crippen LogP contribution in [0.5, 0.6) is 0 Å². The molecule has 0 aliphatic carbocycles. The molecule has 0 aliphatic rings. The number of carbonyl (C=O) groups excluding carboxylic acids is 6. The SMILES string of the molecule is CSCC[C@H](NC(=O)[C@H](CCCCN)NC(=O)[C@@H](N)Cc1ccccc1C(F)(F)F)C(=O)N[C@@H](C)C(=O)N[C@@H](C)C(=O)N[C@@H](C)C(=O)NCC(=O)O. The van der Waals surface area contributed by atoms with Gasteiger partial charge in [-0.25, -0.2) is 0 Å². The summed E-state index contributed by atoms with van der Waals surface area (Å²) in [5.74, 6) is -5.57. The number of nitrogens with one attached hydrogen (secondary N) is 6. The van der Waals surface area contributed by atoms with Gasteiger partial charge in [0.05, 0.1) is 11.6 Å². The number of thioether (sulfide) groups is 1. The fourth-order valence-electron chi connectivity index (χ4n) is 4.62. The Morgan fingerprint density at radius 2 is 1.25 bits per heavy atom. The van der Waals surface area contributed by atoms with Gasteiger partial charge in [0.25, 0.3) is 0 Å². The molecule has 0 aromatic heterocycles. The van der Waals surface area contributed by atoms with Crippen LogP contribution in [0.4, 0.5) is 13.2 Å². The molecule has 0 fully saturated rings. The van der Waals surface area contributed by atoms with E-state index < -0.39 is 102 Å². The number of rotatable bonds is 22. The van der Waals surface area contributed by atoms with E-state index in [1.807, 2.05) is 0 Å². The number of alkyl halides is 3. The molecule has 0 heterocycles. The predicted octanol–water partition coefficient (Wildman–Crippen LogP) is -0.858. The van der Waals surface area contributed by atoms with Crippen LogP contribution in [-0.2, 0) is 46.2 Å². The number of unbranched alkanes of at least 4 members (excludes halogenated alkanes) is 1. The molecule has 0 saturated heterocycles. The Balaban J connectivity index is 2.96. The van der Waals surface area contributed by atoms with Gasteiger partial charge in [-0.05, 0) is 83.1 Å². The highest BCUT2D eigenvalue weighted by atomic mass is 32.2. The number of benzene rings is 1. The fraction of sp³-hybridized carbons (Fsp3) is 0.594. The van der Waals surface area contributed by atoms with Gasteiger partial charge in [-0.15, -0.1) is 0 Å². The average Bonchev–Trinajstić information content (AvgIpc) is 3.07. The molecule has 292 valence electrons. The molecule has 1 rings (SSSR count). The first-order chi connectivity index (χ1) is 24.3. The maximum Gasteiger partial charge on any atom is 0.416 e. The van der Waals surface area contributed by atoms with Crippen molar-refractivity contribution in [2.24, 2.45) is 11.5 Å². The van der Waals surface area contributed by atoms with E-state index in [0.29, 0.717) is 18.6 Å². The number of carboxylic acid groups (broad SMARTS) is 1. The normalized spacial score (nSPS) is 14.7. The number of hydrogen-bond acceptors (Lipinski definition) is 10. The number of hydrogen-bond donors (Lipinski definition) is 9. The number of aliphatic carboxylic acids is 1. The summed E-state index contributed by atoms with van der Waals surface area (Å²) in [5, 5.41) is 23.1. The molecule has 52 heavy (non-hydrogen) atoms. The molecule has 16 nitrogen and oxygen atoms in total. The van der Waals surface area contributed by atoms with E-state index in [0.717, 1.165) is 6.07 Å². The van der Waals surface area contributed by atoms with Crippen molar-refractivity contribution < 1.29 is 51.8 Å². The Kier molecular flexibility index (Phi) is 19.7. The minimum atomic E-state index is -4.67. The highest BCUT2D eigenvalue weighted by molar-refractivity contribution is 7.98. The topological polar surface area (TPSA) is 264 Å². The van der Waals surface area contributed by atoms with Crippen molar-refractivity contribution in [3.8, 4) is 0 Å². The first-order valence-electron chi connectivity index (χ1n) is 16.4. The van der Waals surface area contributed by atoms with Crippen molar-refractivity contribution in [2.45, 2.75) is 95.3 Å². The zero-order chi connectivity index (χ0) is 39.6. The van der Waals surface area contributed by atoms with E-state index in [1.54, 1.807) is 6.26 Å². The molecule has 11 N–H and O–H groups in total. The summed E-state index contributed by atoms with van der Waals surface area (Å²) >= 11 is 1.37. The van der Waals surface area contributed by atoms with Crippen LogP contribution in [0.2, 0.25) is 0 Å². The summed E-state index contributed by atoms with van der Waals surface area (Å²) in [6, 6.07) is -2.64. The molecule has 1 aromatic carbocycles. The van der Waals surface area contributed by atoms with Crippen molar-refractivity contribution >= 4 is 53.2 Å². The van der Waals surface area contributed by atoms with E-state index >= 15 is 0 Å². The summed E-state index contributed by atoms with van der Waals surface area (Å²) in [6.07, 6.45) is -2.29. The third-order valence-corrected chi connectivity index (χ3v) is 8.24. The van der Waals surface area contributed by atoms with Gasteiger partial charge < -0.3 is 48.5 Å². The van der Waals surface area contributed by atoms with Gasteiger partial charge in [-0.1, -0.05) is 18.2 Å². The first kappa shape index (κ1) is 45.6. The molecule has 0 saturated carbocycles. The van der Waals surface area contributed by atoms with Crippen molar-refractivity contribution in [1.29, 1.82) is 0 Å². The smallest absolute Gasteiger partial charge is 0.416 e. The highest BCUT2D eigenvalue weighted by Gasteiger charge is 2.34. The van der Waals surface area contributed by atoms with Crippen molar-refractivity contribution in [2.75, 3.05) is 25.1 Å². The summed E-state index contributed by atoms with van der Waals surface area (Å²) < 4.78 is 40.4. The molecule has 6 amide bonds. The van der Waals surface area contributed by atoms with Crippen LogP contribution in [0.3, 0.4) is 0 Å². The fourth-order valence-corrected chi connectivity index (χ4v) is 5.10. The van der Waals surface area contributed by atoms with Crippen LogP contribution >= 0.6 is 11.8 Å². The summed E-state index contributed by atoms with van der Waals surface area (Å²) in [7, 11) is 0. The van der Waals surface area contributed by atoms with Crippen LogP contribution in [0.15, 0.2) is 24.3 Å². The van der Waals surface area contributed by atoms with Crippen LogP contribution in [-0.4, -0.2) is 108 Å². The largest absolute Gasteiger partial charge is 0.480 e.